The zero-order valence-corrected chi connectivity index (χ0v) is 11.6. The van der Waals surface area contributed by atoms with Crippen LogP contribution in [0.15, 0.2) is 18.2 Å². The Morgan fingerprint density at radius 3 is 2.26 bits per heavy atom. The minimum Gasteiger partial charge on any atom is -0.314 e. The molecule has 4 heteroatoms. The number of hydrogen-bond donors (Lipinski definition) is 1. The summed E-state index contributed by atoms with van der Waals surface area (Å²) in [6.07, 6.45) is 0.993. The second-order valence-electron chi connectivity index (χ2n) is 5.32. The van der Waals surface area contributed by atoms with Crippen LogP contribution in [0.3, 0.4) is 0 Å². The van der Waals surface area contributed by atoms with E-state index in [0.717, 1.165) is 44.2 Å². The van der Waals surface area contributed by atoms with Gasteiger partial charge in [-0.15, -0.1) is 0 Å². The summed E-state index contributed by atoms with van der Waals surface area (Å²) in [5.74, 6) is -0.601. The van der Waals surface area contributed by atoms with Crippen molar-refractivity contribution in [1.29, 1.82) is 0 Å². The first kappa shape index (κ1) is 14.4. The highest BCUT2D eigenvalue weighted by molar-refractivity contribution is 5.22. The number of hydrogen-bond acceptors (Lipinski definition) is 2. The predicted octanol–water partition coefficient (Wildman–Crippen LogP) is 2.96. The van der Waals surface area contributed by atoms with Crippen LogP contribution < -0.4 is 5.32 Å². The largest absolute Gasteiger partial charge is 0.314 e. The lowest BCUT2D eigenvalue weighted by atomic mass is 9.90. The summed E-state index contributed by atoms with van der Waals surface area (Å²) in [5, 5.41) is 3.31. The number of halogens is 2. The maximum atomic E-state index is 13.5. The Balaban J connectivity index is 2.30. The van der Waals surface area contributed by atoms with Gasteiger partial charge in [0.25, 0.3) is 0 Å². The number of nitrogens with one attached hydrogen (secondary N) is 1. The fourth-order valence-electron chi connectivity index (χ4n) is 2.83. The molecule has 1 aliphatic rings. The van der Waals surface area contributed by atoms with Crippen molar-refractivity contribution in [3.8, 4) is 0 Å². The van der Waals surface area contributed by atoms with E-state index in [1.54, 1.807) is 0 Å². The summed E-state index contributed by atoms with van der Waals surface area (Å²) in [5.41, 5.74) is 0.758. The topological polar surface area (TPSA) is 15.3 Å². The quantitative estimate of drug-likeness (QED) is 0.903. The van der Waals surface area contributed by atoms with E-state index in [-0.39, 0.29) is 6.04 Å². The van der Waals surface area contributed by atoms with E-state index in [1.807, 2.05) is 0 Å². The monoisotopic (exact) mass is 268 g/mol. The second kappa shape index (κ2) is 6.44. The molecule has 2 atom stereocenters. The Labute approximate surface area is 113 Å². The Kier molecular flexibility index (Phi) is 4.88. The van der Waals surface area contributed by atoms with Crippen molar-refractivity contribution in [3.05, 3.63) is 35.4 Å². The van der Waals surface area contributed by atoms with Gasteiger partial charge in [-0.2, -0.15) is 0 Å². The van der Waals surface area contributed by atoms with Gasteiger partial charge in [-0.05, 0) is 23.6 Å². The highest BCUT2D eigenvalue weighted by atomic mass is 19.1. The van der Waals surface area contributed by atoms with E-state index in [4.69, 9.17) is 0 Å². The maximum Gasteiger partial charge on any atom is 0.126 e. The summed E-state index contributed by atoms with van der Waals surface area (Å²) in [4.78, 5) is 2.33. The number of rotatable bonds is 4. The van der Waals surface area contributed by atoms with E-state index < -0.39 is 11.6 Å². The Morgan fingerprint density at radius 1 is 1.16 bits per heavy atom. The minimum absolute atomic E-state index is 0.0947. The molecule has 0 amide bonds. The van der Waals surface area contributed by atoms with Gasteiger partial charge in [0.15, 0.2) is 0 Å². The highest BCUT2D eigenvalue weighted by Crippen LogP contribution is 2.31. The molecule has 0 aliphatic carbocycles. The van der Waals surface area contributed by atoms with Crippen molar-refractivity contribution < 1.29 is 8.78 Å². The van der Waals surface area contributed by atoms with Crippen molar-refractivity contribution >= 4 is 0 Å². The molecule has 2 nitrogen and oxygen atoms in total. The third-order valence-electron chi connectivity index (χ3n) is 3.95. The number of nitrogens with zero attached hydrogens (tertiary/aromatic N) is 1. The molecule has 0 saturated carbocycles. The normalized spacial score (nSPS) is 20.2. The summed E-state index contributed by atoms with van der Waals surface area (Å²) >= 11 is 0. The lowest BCUT2D eigenvalue weighted by Gasteiger charge is -2.38. The van der Waals surface area contributed by atoms with E-state index in [0.29, 0.717) is 5.92 Å². The zero-order chi connectivity index (χ0) is 13.8. The van der Waals surface area contributed by atoms with E-state index in [9.17, 15) is 8.78 Å². The van der Waals surface area contributed by atoms with Gasteiger partial charge < -0.3 is 5.32 Å². The number of benzene rings is 1. The van der Waals surface area contributed by atoms with Crippen LogP contribution in [0.5, 0.6) is 0 Å². The molecule has 1 N–H and O–H groups in total. The molecular formula is C15H22F2N2. The standard InChI is InChI=1S/C15H22F2N2/c1-3-11(2)15(19-6-4-18-5-7-19)12-8-13(16)10-14(17)9-12/h8-11,15,18H,3-7H2,1-2H3/t11?,15-/m1/s1. The maximum absolute atomic E-state index is 13.5. The molecule has 1 fully saturated rings. The Morgan fingerprint density at radius 2 is 1.74 bits per heavy atom. The van der Waals surface area contributed by atoms with Gasteiger partial charge in [0.2, 0.25) is 0 Å². The minimum atomic E-state index is -0.488. The molecule has 1 heterocycles. The Hall–Kier alpha value is -1.00. The molecule has 0 aromatic heterocycles. The van der Waals surface area contributed by atoms with Crippen LogP contribution in [0.2, 0.25) is 0 Å². The van der Waals surface area contributed by atoms with Crippen LogP contribution in [-0.2, 0) is 0 Å². The van der Waals surface area contributed by atoms with Gasteiger partial charge in [-0.1, -0.05) is 20.3 Å². The van der Waals surface area contributed by atoms with Crippen molar-refractivity contribution in [3.63, 3.8) is 0 Å². The van der Waals surface area contributed by atoms with Crippen LogP contribution >= 0.6 is 0 Å². The smallest absolute Gasteiger partial charge is 0.126 e. The second-order valence-corrected chi connectivity index (χ2v) is 5.32. The lowest BCUT2D eigenvalue weighted by molar-refractivity contribution is 0.128. The van der Waals surface area contributed by atoms with Crippen molar-refractivity contribution in [2.24, 2.45) is 5.92 Å². The molecule has 1 aliphatic heterocycles. The van der Waals surface area contributed by atoms with Gasteiger partial charge in [-0.25, -0.2) is 8.78 Å². The van der Waals surface area contributed by atoms with Crippen LogP contribution in [-0.4, -0.2) is 31.1 Å². The first-order valence-corrected chi connectivity index (χ1v) is 7.02. The van der Waals surface area contributed by atoms with Gasteiger partial charge in [0, 0.05) is 38.3 Å². The van der Waals surface area contributed by atoms with Crippen molar-refractivity contribution in [2.45, 2.75) is 26.3 Å². The lowest BCUT2D eigenvalue weighted by Crippen LogP contribution is -2.46. The molecule has 1 aromatic rings. The zero-order valence-electron chi connectivity index (χ0n) is 11.6. The first-order chi connectivity index (χ1) is 9.11. The summed E-state index contributed by atoms with van der Waals surface area (Å²) in [6, 6.07) is 3.98. The fourth-order valence-corrected chi connectivity index (χ4v) is 2.83. The molecule has 1 saturated heterocycles. The van der Waals surface area contributed by atoms with Crippen molar-refractivity contribution in [1.82, 2.24) is 10.2 Å². The molecule has 0 spiro atoms. The average Bonchev–Trinajstić information content (AvgIpc) is 2.39. The van der Waals surface area contributed by atoms with Crippen LogP contribution in [0.4, 0.5) is 8.78 Å². The molecule has 0 bridgehead atoms. The molecule has 0 radical (unpaired) electrons. The third-order valence-corrected chi connectivity index (χ3v) is 3.95. The van der Waals surface area contributed by atoms with Crippen LogP contribution in [0.25, 0.3) is 0 Å². The SMILES string of the molecule is CCC(C)[C@H](c1cc(F)cc(F)c1)N1CCNCC1. The molecule has 2 rings (SSSR count). The van der Waals surface area contributed by atoms with E-state index >= 15 is 0 Å². The highest BCUT2D eigenvalue weighted by Gasteiger charge is 2.27. The van der Waals surface area contributed by atoms with Gasteiger partial charge in [-0.3, -0.25) is 4.90 Å². The Bertz CT molecular complexity index is 396. The first-order valence-electron chi connectivity index (χ1n) is 7.02. The molecule has 1 unspecified atom stereocenters. The van der Waals surface area contributed by atoms with E-state index in [2.05, 4.69) is 24.1 Å². The summed E-state index contributed by atoms with van der Waals surface area (Å²) in [6.45, 7) is 7.99. The molecular weight excluding hydrogens is 246 g/mol. The van der Waals surface area contributed by atoms with Gasteiger partial charge in [0.05, 0.1) is 0 Å². The third kappa shape index (κ3) is 3.51. The molecule has 19 heavy (non-hydrogen) atoms. The fraction of sp³-hybridized carbons (Fsp3) is 0.600. The van der Waals surface area contributed by atoms with Crippen LogP contribution in [0, 0.1) is 17.6 Å². The molecule has 106 valence electrons. The number of piperazine rings is 1. The summed E-state index contributed by atoms with van der Waals surface area (Å²) in [7, 11) is 0. The molecule has 1 aromatic carbocycles. The predicted molar refractivity (Wildman–Crippen MR) is 73.0 cm³/mol. The van der Waals surface area contributed by atoms with Gasteiger partial charge in [0.1, 0.15) is 11.6 Å². The van der Waals surface area contributed by atoms with Crippen LogP contribution in [0.1, 0.15) is 31.9 Å². The van der Waals surface area contributed by atoms with Gasteiger partial charge >= 0.3 is 0 Å². The summed E-state index contributed by atoms with van der Waals surface area (Å²) < 4.78 is 26.9. The van der Waals surface area contributed by atoms with E-state index in [1.165, 1.54) is 12.1 Å². The van der Waals surface area contributed by atoms with Crippen molar-refractivity contribution in [2.75, 3.05) is 26.2 Å². The average molecular weight is 268 g/mol.